The van der Waals surface area contributed by atoms with Crippen molar-refractivity contribution in [2.75, 3.05) is 19.4 Å². The molecule has 1 aromatic heterocycles. The maximum atomic E-state index is 12.2. The van der Waals surface area contributed by atoms with Crippen molar-refractivity contribution in [1.82, 2.24) is 4.72 Å². The zero-order chi connectivity index (χ0) is 19.3. The van der Waals surface area contributed by atoms with E-state index in [0.717, 1.165) is 11.1 Å². The Morgan fingerprint density at radius 1 is 1.31 bits per heavy atom. The van der Waals surface area contributed by atoms with Crippen molar-refractivity contribution in [3.05, 3.63) is 55.8 Å². The number of nitro groups is 1. The summed E-state index contributed by atoms with van der Waals surface area (Å²) in [5.41, 5.74) is 0.302. The van der Waals surface area contributed by atoms with Gasteiger partial charge in [-0.1, -0.05) is 6.07 Å². The Kier molecular flexibility index (Phi) is 6.46. The summed E-state index contributed by atoms with van der Waals surface area (Å²) in [6.07, 6.45) is 1.57. The lowest BCUT2D eigenvalue weighted by atomic mass is 10.2. The molecule has 0 aliphatic rings. The number of benzene rings is 1. The summed E-state index contributed by atoms with van der Waals surface area (Å²) in [5.74, 6) is 0.0462. The van der Waals surface area contributed by atoms with Gasteiger partial charge >= 0.3 is 0 Å². The second-order valence-corrected chi connectivity index (χ2v) is 8.55. The van der Waals surface area contributed by atoms with Gasteiger partial charge in [0, 0.05) is 17.5 Å². The van der Waals surface area contributed by atoms with Crippen molar-refractivity contribution in [1.29, 1.82) is 0 Å². The van der Waals surface area contributed by atoms with Crippen molar-refractivity contribution in [3.63, 3.8) is 0 Å². The number of sulfonamides is 1. The van der Waals surface area contributed by atoms with E-state index in [9.17, 15) is 23.3 Å². The van der Waals surface area contributed by atoms with Gasteiger partial charge in [-0.2, -0.15) is 0 Å². The van der Waals surface area contributed by atoms with E-state index < -0.39 is 14.9 Å². The van der Waals surface area contributed by atoms with Crippen molar-refractivity contribution in [3.8, 4) is 5.75 Å². The number of thiophene rings is 1. The molecule has 8 nitrogen and oxygen atoms in total. The summed E-state index contributed by atoms with van der Waals surface area (Å²) in [7, 11) is -3.24. The number of nitrogens with one attached hydrogen (secondary N) is 1. The summed E-state index contributed by atoms with van der Waals surface area (Å²) in [4.78, 5) is 24.0. The van der Waals surface area contributed by atoms with Crippen LogP contribution in [0.15, 0.2) is 30.3 Å². The standard InChI is InChI=1S/C16H18N2O6S2/c1-11-13(18(20)21)4-3-5-15(11)24-10-14(19)16-7-6-12(25-16)8-9-17-26(2,22)23/h3-7,17H,8-10H2,1-2H3. The quantitative estimate of drug-likeness (QED) is 0.394. The molecule has 0 aliphatic heterocycles. The van der Waals surface area contributed by atoms with Crippen molar-refractivity contribution >= 4 is 32.8 Å². The van der Waals surface area contributed by atoms with E-state index in [4.69, 9.17) is 4.74 Å². The van der Waals surface area contributed by atoms with Gasteiger partial charge in [0.25, 0.3) is 5.69 Å². The molecule has 0 saturated heterocycles. The Hall–Kier alpha value is -2.30. The number of rotatable bonds is 9. The molecule has 0 unspecified atom stereocenters. The van der Waals surface area contributed by atoms with E-state index in [2.05, 4.69) is 4.72 Å². The van der Waals surface area contributed by atoms with Gasteiger partial charge in [0.2, 0.25) is 15.8 Å². The first-order valence-electron chi connectivity index (χ1n) is 7.60. The molecule has 2 rings (SSSR count). The van der Waals surface area contributed by atoms with Crippen LogP contribution in [0.5, 0.6) is 5.75 Å². The van der Waals surface area contributed by atoms with Gasteiger partial charge in [-0.3, -0.25) is 14.9 Å². The highest BCUT2D eigenvalue weighted by Gasteiger charge is 2.16. The number of ketones is 1. The molecule has 2 aromatic rings. The molecular weight excluding hydrogens is 380 g/mol. The zero-order valence-electron chi connectivity index (χ0n) is 14.2. The number of hydrogen-bond acceptors (Lipinski definition) is 7. The molecule has 140 valence electrons. The molecule has 0 spiro atoms. The predicted molar refractivity (Wildman–Crippen MR) is 98.5 cm³/mol. The minimum atomic E-state index is -3.24. The first kappa shape index (κ1) is 20.0. The topological polar surface area (TPSA) is 116 Å². The van der Waals surface area contributed by atoms with Crippen LogP contribution in [0.1, 0.15) is 20.1 Å². The third kappa shape index (κ3) is 5.61. The Balaban J connectivity index is 1.95. The van der Waals surface area contributed by atoms with E-state index in [1.807, 2.05) is 0 Å². The van der Waals surface area contributed by atoms with Crippen LogP contribution >= 0.6 is 11.3 Å². The van der Waals surface area contributed by atoms with Crippen LogP contribution in [0.4, 0.5) is 5.69 Å². The van der Waals surface area contributed by atoms with E-state index in [1.165, 1.54) is 23.5 Å². The molecular formula is C16H18N2O6S2. The average molecular weight is 398 g/mol. The second kappa shape index (κ2) is 8.39. The predicted octanol–water partition coefficient (Wildman–Crippen LogP) is 2.32. The molecule has 0 fully saturated rings. The summed E-state index contributed by atoms with van der Waals surface area (Å²) in [6.45, 7) is 1.59. The summed E-state index contributed by atoms with van der Waals surface area (Å²) < 4.78 is 29.9. The Bertz CT molecular complexity index is 921. The number of carbonyl (C=O) groups excluding carboxylic acids is 1. The first-order chi connectivity index (χ1) is 12.2. The molecule has 10 heteroatoms. The highest BCUT2D eigenvalue weighted by atomic mass is 32.2. The van der Waals surface area contributed by atoms with Gasteiger partial charge < -0.3 is 4.74 Å². The maximum absolute atomic E-state index is 12.2. The molecule has 1 aromatic carbocycles. The molecule has 0 saturated carbocycles. The van der Waals surface area contributed by atoms with Crippen LogP contribution in [0.2, 0.25) is 0 Å². The van der Waals surface area contributed by atoms with Crippen LogP contribution < -0.4 is 9.46 Å². The molecule has 0 bridgehead atoms. The normalized spacial score (nSPS) is 11.3. The average Bonchev–Trinajstić information content (AvgIpc) is 3.01. The largest absolute Gasteiger partial charge is 0.485 e. The number of carbonyl (C=O) groups is 1. The summed E-state index contributed by atoms with van der Waals surface area (Å²) in [5, 5.41) is 10.9. The fraction of sp³-hybridized carbons (Fsp3) is 0.312. The van der Waals surface area contributed by atoms with E-state index >= 15 is 0 Å². The fourth-order valence-corrected chi connectivity index (χ4v) is 3.60. The van der Waals surface area contributed by atoms with Gasteiger partial charge in [0.15, 0.2) is 6.61 Å². The van der Waals surface area contributed by atoms with Crippen molar-refractivity contribution in [2.45, 2.75) is 13.3 Å². The van der Waals surface area contributed by atoms with Crippen molar-refractivity contribution < 1.29 is 22.9 Å². The number of nitro benzene ring substituents is 1. The number of Topliss-reactive ketones (excluding diaryl/α,β-unsaturated/α-hetero) is 1. The minimum absolute atomic E-state index is 0.0632. The molecule has 0 atom stereocenters. The highest BCUT2D eigenvalue weighted by molar-refractivity contribution is 7.88. The lowest BCUT2D eigenvalue weighted by Crippen LogP contribution is -2.24. The van der Waals surface area contributed by atoms with Crippen molar-refractivity contribution in [2.24, 2.45) is 0 Å². The SMILES string of the molecule is Cc1c(OCC(=O)c2ccc(CCNS(C)(=O)=O)s2)cccc1[N+](=O)[O-]. The van der Waals surface area contributed by atoms with Crippen LogP contribution in [-0.4, -0.2) is 38.5 Å². The third-order valence-electron chi connectivity index (χ3n) is 3.48. The Morgan fingerprint density at radius 2 is 2.04 bits per heavy atom. The molecule has 1 heterocycles. The van der Waals surface area contributed by atoms with Gasteiger partial charge in [-0.25, -0.2) is 13.1 Å². The number of ether oxygens (including phenoxy) is 1. The van der Waals surface area contributed by atoms with Crippen LogP contribution in [-0.2, 0) is 16.4 Å². The fourth-order valence-electron chi connectivity index (χ4n) is 2.19. The van der Waals surface area contributed by atoms with Gasteiger partial charge in [-0.15, -0.1) is 11.3 Å². The molecule has 0 radical (unpaired) electrons. The van der Waals surface area contributed by atoms with Gasteiger partial charge in [0.05, 0.1) is 21.6 Å². The lowest BCUT2D eigenvalue weighted by Gasteiger charge is -2.07. The molecule has 0 aliphatic carbocycles. The zero-order valence-corrected chi connectivity index (χ0v) is 15.9. The van der Waals surface area contributed by atoms with Crippen LogP contribution in [0.25, 0.3) is 0 Å². The third-order valence-corrected chi connectivity index (χ3v) is 5.40. The second-order valence-electron chi connectivity index (χ2n) is 5.55. The maximum Gasteiger partial charge on any atom is 0.276 e. The lowest BCUT2D eigenvalue weighted by molar-refractivity contribution is -0.385. The van der Waals surface area contributed by atoms with Crippen LogP contribution in [0.3, 0.4) is 0 Å². The molecule has 0 amide bonds. The first-order valence-corrected chi connectivity index (χ1v) is 10.3. The van der Waals surface area contributed by atoms with E-state index in [-0.39, 0.29) is 24.6 Å². The van der Waals surface area contributed by atoms with E-state index in [0.29, 0.717) is 22.6 Å². The smallest absolute Gasteiger partial charge is 0.276 e. The summed E-state index contributed by atoms with van der Waals surface area (Å²) in [6, 6.07) is 7.88. The van der Waals surface area contributed by atoms with Crippen LogP contribution in [0, 0.1) is 17.0 Å². The number of nitrogens with zero attached hydrogens (tertiary/aromatic N) is 1. The van der Waals surface area contributed by atoms with Gasteiger partial charge in [-0.05, 0) is 31.5 Å². The van der Waals surface area contributed by atoms with Gasteiger partial charge in [0.1, 0.15) is 5.75 Å². The Labute approximate surface area is 155 Å². The summed E-state index contributed by atoms with van der Waals surface area (Å²) >= 11 is 1.27. The van der Waals surface area contributed by atoms with E-state index in [1.54, 1.807) is 25.1 Å². The Morgan fingerprint density at radius 3 is 2.69 bits per heavy atom. The molecule has 1 N–H and O–H groups in total. The number of hydrogen-bond donors (Lipinski definition) is 1. The monoisotopic (exact) mass is 398 g/mol. The highest BCUT2D eigenvalue weighted by Crippen LogP contribution is 2.27. The minimum Gasteiger partial charge on any atom is -0.485 e. The molecule has 26 heavy (non-hydrogen) atoms.